The molecule has 1 aromatic heterocycles. The fourth-order valence-electron chi connectivity index (χ4n) is 1.18. The summed E-state index contributed by atoms with van der Waals surface area (Å²) in [5, 5.41) is 0.784. The van der Waals surface area contributed by atoms with Gasteiger partial charge in [-0.3, -0.25) is 0 Å². The van der Waals surface area contributed by atoms with Crippen LogP contribution in [0, 0.1) is 6.92 Å². The van der Waals surface area contributed by atoms with E-state index in [1.165, 1.54) is 0 Å². The maximum Gasteiger partial charge on any atom is 0.0618 e. The van der Waals surface area contributed by atoms with Gasteiger partial charge in [-0.1, -0.05) is 24.3 Å². The monoisotopic (exact) mass is 181 g/mol. The summed E-state index contributed by atoms with van der Waals surface area (Å²) in [5.41, 5.74) is 2.10. The van der Waals surface area contributed by atoms with Gasteiger partial charge in [0.2, 0.25) is 0 Å². The highest BCUT2D eigenvalue weighted by Crippen LogP contribution is 2.21. The first kappa shape index (κ1) is 9.14. The van der Waals surface area contributed by atoms with Crippen molar-refractivity contribution < 1.29 is 0 Å². The average molecular weight is 182 g/mol. The molecule has 0 amide bonds. The second kappa shape index (κ2) is 3.63. The third-order valence-electron chi connectivity index (χ3n) is 1.86. The zero-order valence-electron chi connectivity index (χ0n) is 7.18. The van der Waals surface area contributed by atoms with E-state index in [0.717, 1.165) is 23.0 Å². The standard InChI is InChI=1S/C10H12ClN/c1-4-6-12-8(3)10(11)7-9(12)5-2/h4-5,7H,1-2,6H2,3H3. The molecule has 64 valence electrons. The number of hydrogen-bond acceptors (Lipinski definition) is 0. The summed E-state index contributed by atoms with van der Waals surface area (Å²) in [4.78, 5) is 0. The Morgan fingerprint density at radius 2 is 2.25 bits per heavy atom. The zero-order valence-corrected chi connectivity index (χ0v) is 7.93. The smallest absolute Gasteiger partial charge is 0.0618 e. The number of halogens is 1. The number of rotatable bonds is 3. The van der Waals surface area contributed by atoms with Gasteiger partial charge >= 0.3 is 0 Å². The van der Waals surface area contributed by atoms with Crippen LogP contribution in [0.3, 0.4) is 0 Å². The molecule has 0 aliphatic carbocycles. The minimum Gasteiger partial charge on any atom is -0.340 e. The van der Waals surface area contributed by atoms with Crippen LogP contribution in [0.1, 0.15) is 11.4 Å². The van der Waals surface area contributed by atoms with Crippen LogP contribution >= 0.6 is 11.6 Å². The Bertz CT molecular complexity index is 310. The van der Waals surface area contributed by atoms with Gasteiger partial charge in [-0.2, -0.15) is 0 Å². The van der Waals surface area contributed by atoms with Crippen molar-refractivity contribution in [1.29, 1.82) is 0 Å². The van der Waals surface area contributed by atoms with E-state index in [1.54, 1.807) is 6.08 Å². The Balaban J connectivity index is 3.20. The third-order valence-corrected chi connectivity index (χ3v) is 2.24. The molecule has 0 saturated carbocycles. The molecule has 0 spiro atoms. The van der Waals surface area contributed by atoms with E-state index in [4.69, 9.17) is 11.6 Å². The van der Waals surface area contributed by atoms with Crippen LogP contribution in [0.5, 0.6) is 0 Å². The normalized spacial score (nSPS) is 9.83. The van der Waals surface area contributed by atoms with Crippen LogP contribution in [0.15, 0.2) is 25.3 Å². The molecule has 2 heteroatoms. The van der Waals surface area contributed by atoms with Crippen molar-refractivity contribution in [3.05, 3.63) is 41.7 Å². The van der Waals surface area contributed by atoms with Crippen LogP contribution in [-0.2, 0) is 6.54 Å². The maximum absolute atomic E-state index is 5.95. The lowest BCUT2D eigenvalue weighted by Crippen LogP contribution is -1.99. The van der Waals surface area contributed by atoms with Crippen LogP contribution < -0.4 is 0 Å². The van der Waals surface area contributed by atoms with Gasteiger partial charge in [0, 0.05) is 17.9 Å². The van der Waals surface area contributed by atoms with Gasteiger partial charge in [0.05, 0.1) is 5.02 Å². The zero-order chi connectivity index (χ0) is 9.14. The summed E-state index contributed by atoms with van der Waals surface area (Å²) in [7, 11) is 0. The largest absolute Gasteiger partial charge is 0.340 e. The summed E-state index contributed by atoms with van der Waals surface area (Å²) in [5.74, 6) is 0. The molecule has 0 fully saturated rings. The van der Waals surface area contributed by atoms with Gasteiger partial charge in [0.25, 0.3) is 0 Å². The van der Waals surface area contributed by atoms with Crippen molar-refractivity contribution in [3.8, 4) is 0 Å². The SMILES string of the molecule is C=CCn1c(C=C)cc(Cl)c1C. The number of aromatic nitrogens is 1. The summed E-state index contributed by atoms with van der Waals surface area (Å²) in [6, 6.07) is 1.91. The molecule has 1 aromatic rings. The third kappa shape index (κ3) is 1.46. The second-order valence-electron chi connectivity index (χ2n) is 2.61. The molecule has 0 aliphatic heterocycles. The number of hydrogen-bond donors (Lipinski definition) is 0. The molecule has 12 heavy (non-hydrogen) atoms. The molecule has 1 nitrogen and oxygen atoms in total. The van der Waals surface area contributed by atoms with Gasteiger partial charge in [0.15, 0.2) is 0 Å². The molecule has 0 aliphatic rings. The summed E-state index contributed by atoms with van der Waals surface area (Å²) >= 11 is 5.95. The van der Waals surface area contributed by atoms with Crippen LogP contribution in [0.2, 0.25) is 5.02 Å². The predicted octanol–water partition coefficient (Wildman–Crippen LogP) is 3.28. The predicted molar refractivity (Wildman–Crippen MR) is 54.5 cm³/mol. The minimum absolute atomic E-state index is 0.778. The molecule has 0 unspecified atom stereocenters. The van der Waals surface area contributed by atoms with Crippen LogP contribution in [0.25, 0.3) is 6.08 Å². The Hall–Kier alpha value is -0.950. The second-order valence-corrected chi connectivity index (χ2v) is 3.01. The van der Waals surface area contributed by atoms with E-state index in [-0.39, 0.29) is 0 Å². The summed E-state index contributed by atoms with van der Waals surface area (Å²) < 4.78 is 2.07. The van der Waals surface area contributed by atoms with E-state index in [9.17, 15) is 0 Å². The van der Waals surface area contributed by atoms with Crippen molar-refractivity contribution in [2.45, 2.75) is 13.5 Å². The van der Waals surface area contributed by atoms with Crippen molar-refractivity contribution in [1.82, 2.24) is 4.57 Å². The highest BCUT2D eigenvalue weighted by atomic mass is 35.5. The lowest BCUT2D eigenvalue weighted by Gasteiger charge is -2.04. The maximum atomic E-state index is 5.95. The van der Waals surface area contributed by atoms with Crippen molar-refractivity contribution in [2.24, 2.45) is 0 Å². The number of nitrogens with zero attached hydrogens (tertiary/aromatic N) is 1. The molecular weight excluding hydrogens is 170 g/mol. The fourth-order valence-corrected chi connectivity index (χ4v) is 1.39. The van der Waals surface area contributed by atoms with E-state index < -0.39 is 0 Å². The first-order chi connectivity index (χ1) is 5.70. The fraction of sp³-hybridized carbons (Fsp3) is 0.200. The molecule has 1 heterocycles. The molecular formula is C10H12ClN. The first-order valence-electron chi connectivity index (χ1n) is 3.79. The molecule has 0 atom stereocenters. The first-order valence-corrected chi connectivity index (χ1v) is 4.17. The van der Waals surface area contributed by atoms with Gasteiger partial charge in [0.1, 0.15) is 0 Å². The Kier molecular flexibility index (Phi) is 2.77. The lowest BCUT2D eigenvalue weighted by molar-refractivity contribution is 0.790. The number of allylic oxidation sites excluding steroid dienone is 1. The van der Waals surface area contributed by atoms with Crippen molar-refractivity contribution in [3.63, 3.8) is 0 Å². The lowest BCUT2D eigenvalue weighted by atomic mass is 10.4. The van der Waals surface area contributed by atoms with E-state index in [0.29, 0.717) is 0 Å². The molecule has 0 radical (unpaired) electrons. The molecule has 0 saturated heterocycles. The topological polar surface area (TPSA) is 4.93 Å². The van der Waals surface area contributed by atoms with Crippen molar-refractivity contribution >= 4 is 17.7 Å². The molecule has 0 aromatic carbocycles. The molecule has 0 N–H and O–H groups in total. The van der Waals surface area contributed by atoms with E-state index in [1.807, 2.05) is 19.1 Å². The molecule has 0 bridgehead atoms. The Labute approximate surface area is 78.0 Å². The van der Waals surface area contributed by atoms with Crippen LogP contribution in [-0.4, -0.2) is 4.57 Å². The summed E-state index contributed by atoms with van der Waals surface area (Å²) in [6.07, 6.45) is 3.64. The van der Waals surface area contributed by atoms with Gasteiger partial charge in [-0.15, -0.1) is 6.58 Å². The highest BCUT2D eigenvalue weighted by molar-refractivity contribution is 6.31. The Morgan fingerprint density at radius 1 is 1.58 bits per heavy atom. The van der Waals surface area contributed by atoms with Gasteiger partial charge < -0.3 is 4.57 Å². The average Bonchev–Trinajstić information content (AvgIpc) is 2.33. The van der Waals surface area contributed by atoms with Crippen molar-refractivity contribution in [2.75, 3.05) is 0 Å². The van der Waals surface area contributed by atoms with Gasteiger partial charge in [-0.25, -0.2) is 0 Å². The summed E-state index contributed by atoms with van der Waals surface area (Å²) in [6.45, 7) is 10.2. The highest BCUT2D eigenvalue weighted by Gasteiger charge is 2.05. The van der Waals surface area contributed by atoms with E-state index in [2.05, 4.69) is 17.7 Å². The van der Waals surface area contributed by atoms with Crippen LogP contribution in [0.4, 0.5) is 0 Å². The quantitative estimate of drug-likeness (QED) is 0.631. The minimum atomic E-state index is 0.778. The van der Waals surface area contributed by atoms with Gasteiger partial charge in [-0.05, 0) is 19.1 Å². The Morgan fingerprint density at radius 3 is 2.75 bits per heavy atom. The van der Waals surface area contributed by atoms with E-state index >= 15 is 0 Å². The molecule has 1 rings (SSSR count).